The molecule has 0 bridgehead atoms. The van der Waals surface area contributed by atoms with Crippen molar-refractivity contribution in [3.8, 4) is 0 Å². The highest BCUT2D eigenvalue weighted by molar-refractivity contribution is 6.00. The highest BCUT2D eigenvalue weighted by Gasteiger charge is 2.74. The number of hydrogen-bond donors (Lipinski definition) is 1. The first-order valence-electron chi connectivity index (χ1n) is 12.7. The van der Waals surface area contributed by atoms with Gasteiger partial charge in [0.05, 0.1) is 17.4 Å². The third-order valence-corrected chi connectivity index (χ3v) is 8.09. The summed E-state index contributed by atoms with van der Waals surface area (Å²) < 4.78 is 6.76. The SMILES string of the molecule is CCCC(C)N1CC=C[C@]23O[C@@]4(C)C=CCN(C)C(=O)[C@H]4[C@H]2C(=O)N(CCCCCO)C3C1=O. The molecule has 0 aromatic rings. The molecule has 4 aliphatic heterocycles. The van der Waals surface area contributed by atoms with Gasteiger partial charge in [0.2, 0.25) is 17.7 Å². The number of carbonyl (C=O) groups excluding carboxylic acids is 3. The first-order chi connectivity index (χ1) is 16.2. The quantitative estimate of drug-likeness (QED) is 0.428. The number of likely N-dealkylation sites (N-methyl/N-ethyl adjacent to an activating group) is 1. The van der Waals surface area contributed by atoms with E-state index in [1.807, 2.05) is 36.1 Å². The molecule has 34 heavy (non-hydrogen) atoms. The smallest absolute Gasteiger partial charge is 0.249 e. The Labute approximate surface area is 202 Å². The number of aliphatic hydroxyl groups is 1. The van der Waals surface area contributed by atoms with Crippen LogP contribution in [0.5, 0.6) is 0 Å². The molecule has 2 unspecified atom stereocenters. The number of fused-ring (bicyclic) bond motifs is 2. The number of amides is 3. The van der Waals surface area contributed by atoms with E-state index in [0.717, 1.165) is 19.3 Å². The minimum absolute atomic E-state index is 0.0396. The molecule has 0 radical (unpaired) electrons. The highest BCUT2D eigenvalue weighted by atomic mass is 16.5. The molecule has 1 N–H and O–H groups in total. The molecule has 6 atom stereocenters. The van der Waals surface area contributed by atoms with E-state index >= 15 is 0 Å². The second-order valence-corrected chi connectivity index (χ2v) is 10.5. The maximum absolute atomic E-state index is 14.1. The van der Waals surface area contributed by atoms with E-state index in [1.165, 1.54) is 0 Å². The third-order valence-electron chi connectivity index (χ3n) is 8.09. The Morgan fingerprint density at radius 3 is 2.50 bits per heavy atom. The molecule has 8 nitrogen and oxygen atoms in total. The number of rotatable bonds is 8. The monoisotopic (exact) mass is 473 g/mol. The molecule has 4 aliphatic rings. The molecule has 4 rings (SSSR count). The molecule has 2 fully saturated rings. The van der Waals surface area contributed by atoms with Crippen molar-refractivity contribution in [3.63, 3.8) is 0 Å². The van der Waals surface area contributed by atoms with Crippen LogP contribution in [0.4, 0.5) is 0 Å². The van der Waals surface area contributed by atoms with E-state index in [0.29, 0.717) is 32.5 Å². The van der Waals surface area contributed by atoms with Gasteiger partial charge in [-0.05, 0) is 39.5 Å². The van der Waals surface area contributed by atoms with Crippen LogP contribution in [0.15, 0.2) is 24.3 Å². The second kappa shape index (κ2) is 9.46. The summed E-state index contributed by atoms with van der Waals surface area (Å²) in [5, 5.41) is 9.17. The van der Waals surface area contributed by atoms with Gasteiger partial charge in [0.25, 0.3) is 0 Å². The van der Waals surface area contributed by atoms with Gasteiger partial charge in [-0.3, -0.25) is 14.4 Å². The van der Waals surface area contributed by atoms with Gasteiger partial charge < -0.3 is 24.5 Å². The van der Waals surface area contributed by atoms with Gasteiger partial charge in [0.1, 0.15) is 11.6 Å². The van der Waals surface area contributed by atoms with Crippen molar-refractivity contribution in [1.82, 2.24) is 14.7 Å². The zero-order valence-electron chi connectivity index (χ0n) is 20.9. The van der Waals surface area contributed by atoms with Crippen molar-refractivity contribution < 1.29 is 24.2 Å². The minimum Gasteiger partial charge on any atom is -0.396 e. The van der Waals surface area contributed by atoms with Gasteiger partial charge in [0, 0.05) is 39.3 Å². The summed E-state index contributed by atoms with van der Waals surface area (Å²) in [5.41, 5.74) is -2.14. The fourth-order valence-electron chi connectivity index (χ4n) is 6.44. The largest absolute Gasteiger partial charge is 0.396 e. The van der Waals surface area contributed by atoms with Crippen molar-refractivity contribution >= 4 is 17.7 Å². The van der Waals surface area contributed by atoms with Crippen molar-refractivity contribution in [3.05, 3.63) is 24.3 Å². The molecule has 1 spiro atoms. The molecule has 0 saturated carbocycles. The summed E-state index contributed by atoms with van der Waals surface area (Å²) in [6.45, 7) is 7.46. The van der Waals surface area contributed by atoms with Gasteiger partial charge in [-0.2, -0.15) is 0 Å². The fraction of sp³-hybridized carbons (Fsp3) is 0.731. The van der Waals surface area contributed by atoms with Crippen LogP contribution in [0, 0.1) is 11.8 Å². The number of hydrogen-bond acceptors (Lipinski definition) is 5. The Morgan fingerprint density at radius 2 is 1.79 bits per heavy atom. The Morgan fingerprint density at radius 1 is 1.06 bits per heavy atom. The van der Waals surface area contributed by atoms with Crippen LogP contribution in [0.1, 0.15) is 52.9 Å². The van der Waals surface area contributed by atoms with E-state index in [2.05, 4.69) is 13.8 Å². The van der Waals surface area contributed by atoms with E-state index in [1.54, 1.807) is 16.8 Å². The van der Waals surface area contributed by atoms with Crippen LogP contribution in [-0.2, 0) is 19.1 Å². The number of likely N-dealkylation sites (tertiary alicyclic amines) is 1. The number of aliphatic hydroxyl groups excluding tert-OH is 1. The Kier molecular flexibility index (Phi) is 6.93. The highest BCUT2D eigenvalue weighted by Crippen LogP contribution is 2.57. The average Bonchev–Trinajstić information content (AvgIpc) is 3.06. The van der Waals surface area contributed by atoms with Gasteiger partial charge in [-0.25, -0.2) is 0 Å². The molecule has 2 saturated heterocycles. The maximum Gasteiger partial charge on any atom is 0.249 e. The van der Waals surface area contributed by atoms with E-state index in [9.17, 15) is 19.5 Å². The van der Waals surface area contributed by atoms with Crippen LogP contribution in [0.25, 0.3) is 0 Å². The van der Waals surface area contributed by atoms with E-state index in [-0.39, 0.29) is 30.4 Å². The number of ether oxygens (including phenoxy) is 1. The van der Waals surface area contributed by atoms with E-state index < -0.39 is 29.1 Å². The first kappa shape index (κ1) is 24.9. The lowest BCUT2D eigenvalue weighted by Gasteiger charge is -2.38. The molecule has 188 valence electrons. The van der Waals surface area contributed by atoms with Crippen LogP contribution >= 0.6 is 0 Å². The standard InChI is InChI=1S/C26H39N3O5/c1-5-11-18(2)28-16-10-13-26-20(19-22(31)27(4)14-9-12-25(19,3)34-26)23(32)29(21(26)24(28)33)15-7-6-8-17-30/h9-10,12-13,18-21,30H,5-8,11,14-17H2,1-4H3/t18?,19-,20+,21?,25+,26+/m1/s1. The average molecular weight is 474 g/mol. The summed E-state index contributed by atoms with van der Waals surface area (Å²) in [6.07, 6.45) is 11.6. The summed E-state index contributed by atoms with van der Waals surface area (Å²) in [4.78, 5) is 46.8. The molecule has 3 amide bonds. The van der Waals surface area contributed by atoms with Crippen molar-refractivity contribution in [2.75, 3.05) is 33.3 Å². The predicted octanol–water partition coefficient (Wildman–Crippen LogP) is 1.74. The minimum atomic E-state index is -1.18. The van der Waals surface area contributed by atoms with Gasteiger partial charge in [-0.15, -0.1) is 0 Å². The van der Waals surface area contributed by atoms with E-state index in [4.69, 9.17) is 4.74 Å². The molecular formula is C26H39N3O5. The molecule has 8 heteroatoms. The van der Waals surface area contributed by atoms with Gasteiger partial charge in [0.15, 0.2) is 0 Å². The van der Waals surface area contributed by atoms with Crippen molar-refractivity contribution in [2.24, 2.45) is 11.8 Å². The lowest BCUT2D eigenvalue weighted by Crippen LogP contribution is -2.57. The summed E-state index contributed by atoms with van der Waals surface area (Å²) in [5.74, 6) is -1.84. The van der Waals surface area contributed by atoms with Crippen LogP contribution in [-0.4, -0.2) is 94.1 Å². The summed E-state index contributed by atoms with van der Waals surface area (Å²) in [6, 6.07) is -0.759. The molecule has 0 aromatic carbocycles. The van der Waals surface area contributed by atoms with Crippen LogP contribution in [0.3, 0.4) is 0 Å². The predicted molar refractivity (Wildman–Crippen MR) is 128 cm³/mol. The maximum atomic E-state index is 14.1. The van der Waals surface area contributed by atoms with Crippen molar-refractivity contribution in [1.29, 1.82) is 0 Å². The van der Waals surface area contributed by atoms with Gasteiger partial charge >= 0.3 is 0 Å². The topological polar surface area (TPSA) is 90.4 Å². The summed E-state index contributed by atoms with van der Waals surface area (Å²) in [7, 11) is 1.75. The lowest BCUT2D eigenvalue weighted by atomic mass is 9.74. The second-order valence-electron chi connectivity index (χ2n) is 10.5. The molecular weight excluding hydrogens is 434 g/mol. The van der Waals surface area contributed by atoms with Crippen LogP contribution < -0.4 is 0 Å². The molecule has 4 heterocycles. The zero-order chi connectivity index (χ0) is 24.7. The van der Waals surface area contributed by atoms with Crippen LogP contribution in [0.2, 0.25) is 0 Å². The fourth-order valence-corrected chi connectivity index (χ4v) is 6.44. The first-order valence-corrected chi connectivity index (χ1v) is 12.7. The Balaban J connectivity index is 1.78. The normalized spacial score (nSPS) is 35.9. The number of carbonyl (C=O) groups is 3. The summed E-state index contributed by atoms with van der Waals surface area (Å²) >= 11 is 0. The number of nitrogens with zero attached hydrogens (tertiary/aromatic N) is 3. The van der Waals surface area contributed by atoms with Gasteiger partial charge in [-0.1, -0.05) is 37.6 Å². The Hall–Kier alpha value is -2.19. The number of unbranched alkanes of at least 4 members (excludes halogenated alkanes) is 2. The third kappa shape index (κ3) is 3.79. The molecule has 0 aromatic heterocycles. The van der Waals surface area contributed by atoms with Crippen molar-refractivity contribution in [2.45, 2.75) is 76.2 Å². The zero-order valence-corrected chi connectivity index (χ0v) is 20.9. The Bertz CT molecular complexity index is 888. The molecule has 0 aliphatic carbocycles. The lowest BCUT2D eigenvalue weighted by molar-refractivity contribution is -0.153.